The van der Waals surface area contributed by atoms with E-state index in [0.29, 0.717) is 37.7 Å². The Hall–Kier alpha value is -1.67. The lowest BCUT2D eigenvalue weighted by Gasteiger charge is -2.33. The molecule has 1 aromatic rings. The number of anilines is 1. The highest BCUT2D eigenvalue weighted by Crippen LogP contribution is 2.11. The summed E-state index contributed by atoms with van der Waals surface area (Å²) >= 11 is 0. The van der Waals surface area contributed by atoms with E-state index in [1.807, 2.05) is 0 Å². The summed E-state index contributed by atoms with van der Waals surface area (Å²) in [5, 5.41) is 2.88. The molecule has 1 aliphatic heterocycles. The van der Waals surface area contributed by atoms with E-state index in [1.54, 1.807) is 30.1 Å². The molecule has 0 bridgehead atoms. The number of hydrogen-bond donors (Lipinski definition) is 1. The van der Waals surface area contributed by atoms with Crippen LogP contribution in [0, 0.1) is 0 Å². The molecule has 0 spiro atoms. The Morgan fingerprint density at radius 3 is 2.45 bits per heavy atom. The number of aromatic nitrogens is 1. The average molecular weight is 298 g/mol. The SMILES string of the molecule is CNc1cccc(C(=O)N2CCN(S(C)(=O)=O)CC2)n1. The molecule has 2 heterocycles. The summed E-state index contributed by atoms with van der Waals surface area (Å²) in [6.07, 6.45) is 1.18. The van der Waals surface area contributed by atoms with Crippen molar-refractivity contribution < 1.29 is 13.2 Å². The normalized spacial score (nSPS) is 17.0. The Morgan fingerprint density at radius 2 is 1.90 bits per heavy atom. The summed E-state index contributed by atoms with van der Waals surface area (Å²) in [5.74, 6) is 0.459. The first-order chi connectivity index (χ1) is 9.41. The molecule has 1 saturated heterocycles. The van der Waals surface area contributed by atoms with Gasteiger partial charge in [0.05, 0.1) is 6.26 Å². The monoisotopic (exact) mass is 298 g/mol. The van der Waals surface area contributed by atoms with Crippen LogP contribution in [0.25, 0.3) is 0 Å². The second-order valence-electron chi connectivity index (χ2n) is 4.61. The summed E-state index contributed by atoms with van der Waals surface area (Å²) in [7, 11) is -1.44. The van der Waals surface area contributed by atoms with Gasteiger partial charge in [-0.3, -0.25) is 4.79 Å². The molecule has 0 aliphatic carbocycles. The molecule has 0 atom stereocenters. The van der Waals surface area contributed by atoms with Gasteiger partial charge in [0.15, 0.2) is 0 Å². The summed E-state index contributed by atoms with van der Waals surface area (Å²) < 4.78 is 24.2. The fourth-order valence-electron chi connectivity index (χ4n) is 2.08. The van der Waals surface area contributed by atoms with Gasteiger partial charge in [-0.15, -0.1) is 0 Å². The van der Waals surface area contributed by atoms with Crippen molar-refractivity contribution in [1.29, 1.82) is 0 Å². The van der Waals surface area contributed by atoms with Gasteiger partial charge in [0.25, 0.3) is 5.91 Å². The van der Waals surface area contributed by atoms with Crippen molar-refractivity contribution >= 4 is 21.7 Å². The number of sulfonamides is 1. The van der Waals surface area contributed by atoms with Crippen molar-refractivity contribution in [3.63, 3.8) is 0 Å². The van der Waals surface area contributed by atoms with Crippen LogP contribution in [-0.4, -0.2) is 68.0 Å². The van der Waals surface area contributed by atoms with Crippen molar-refractivity contribution in [3.8, 4) is 0 Å². The van der Waals surface area contributed by atoms with E-state index in [0.717, 1.165) is 0 Å². The third-order valence-electron chi connectivity index (χ3n) is 3.22. The molecular formula is C12H18N4O3S. The van der Waals surface area contributed by atoms with E-state index >= 15 is 0 Å². The van der Waals surface area contributed by atoms with E-state index < -0.39 is 10.0 Å². The van der Waals surface area contributed by atoms with E-state index in [9.17, 15) is 13.2 Å². The summed E-state index contributed by atoms with van der Waals surface area (Å²) in [6.45, 7) is 1.43. The van der Waals surface area contributed by atoms with Crippen molar-refractivity contribution in [2.75, 3.05) is 44.8 Å². The van der Waals surface area contributed by atoms with Crippen LogP contribution in [0.5, 0.6) is 0 Å². The van der Waals surface area contributed by atoms with Crippen LogP contribution < -0.4 is 5.32 Å². The van der Waals surface area contributed by atoms with Crippen LogP contribution >= 0.6 is 0 Å². The first kappa shape index (κ1) is 14.7. The maximum atomic E-state index is 12.3. The molecule has 8 heteroatoms. The Balaban J connectivity index is 2.05. The third kappa shape index (κ3) is 3.26. The minimum absolute atomic E-state index is 0.171. The molecule has 0 unspecified atom stereocenters. The molecule has 0 radical (unpaired) electrons. The number of carbonyl (C=O) groups excluding carboxylic acids is 1. The predicted molar refractivity (Wildman–Crippen MR) is 76.1 cm³/mol. The maximum absolute atomic E-state index is 12.3. The van der Waals surface area contributed by atoms with Crippen LogP contribution in [-0.2, 0) is 10.0 Å². The topological polar surface area (TPSA) is 82.6 Å². The molecule has 1 aromatic heterocycles. The van der Waals surface area contributed by atoms with Crippen molar-refractivity contribution in [2.45, 2.75) is 0 Å². The van der Waals surface area contributed by atoms with Crippen LogP contribution in [0.3, 0.4) is 0 Å². The van der Waals surface area contributed by atoms with Crippen LogP contribution in [0.1, 0.15) is 10.5 Å². The van der Waals surface area contributed by atoms with E-state index in [2.05, 4.69) is 10.3 Å². The molecule has 1 aliphatic rings. The molecule has 1 amide bonds. The average Bonchev–Trinajstić information content (AvgIpc) is 2.46. The molecule has 0 saturated carbocycles. The minimum atomic E-state index is -3.18. The zero-order valence-electron chi connectivity index (χ0n) is 11.5. The van der Waals surface area contributed by atoms with Gasteiger partial charge in [-0.05, 0) is 12.1 Å². The molecule has 1 fully saturated rings. The largest absolute Gasteiger partial charge is 0.373 e. The van der Waals surface area contributed by atoms with Gasteiger partial charge in [0.1, 0.15) is 11.5 Å². The van der Waals surface area contributed by atoms with Gasteiger partial charge < -0.3 is 10.2 Å². The summed E-state index contributed by atoms with van der Waals surface area (Å²) in [4.78, 5) is 18.1. The molecule has 110 valence electrons. The number of pyridine rings is 1. The number of nitrogens with one attached hydrogen (secondary N) is 1. The fraction of sp³-hybridized carbons (Fsp3) is 0.500. The molecular weight excluding hydrogens is 280 g/mol. The Kier molecular flexibility index (Phi) is 4.24. The van der Waals surface area contributed by atoms with Gasteiger partial charge in [0, 0.05) is 33.2 Å². The van der Waals surface area contributed by atoms with Crippen molar-refractivity contribution in [3.05, 3.63) is 23.9 Å². The molecule has 1 N–H and O–H groups in total. The highest BCUT2D eigenvalue weighted by Gasteiger charge is 2.27. The van der Waals surface area contributed by atoms with Crippen molar-refractivity contribution in [1.82, 2.24) is 14.2 Å². The summed E-state index contributed by atoms with van der Waals surface area (Å²) in [6, 6.07) is 5.20. The minimum Gasteiger partial charge on any atom is -0.373 e. The van der Waals surface area contributed by atoms with Crippen LogP contribution in [0.15, 0.2) is 18.2 Å². The van der Waals surface area contributed by atoms with Gasteiger partial charge in [0.2, 0.25) is 10.0 Å². The Labute approximate surface area is 118 Å². The first-order valence-electron chi connectivity index (χ1n) is 6.31. The van der Waals surface area contributed by atoms with Crippen molar-refractivity contribution in [2.24, 2.45) is 0 Å². The predicted octanol–water partition coefficient (Wildman–Crippen LogP) is -0.159. The molecule has 7 nitrogen and oxygen atoms in total. The molecule has 2 rings (SSSR count). The highest BCUT2D eigenvalue weighted by molar-refractivity contribution is 7.88. The number of nitrogens with zero attached hydrogens (tertiary/aromatic N) is 3. The Bertz CT molecular complexity index is 594. The van der Waals surface area contributed by atoms with Gasteiger partial charge in [-0.1, -0.05) is 6.07 Å². The number of carbonyl (C=O) groups is 1. The quantitative estimate of drug-likeness (QED) is 0.838. The Morgan fingerprint density at radius 1 is 1.25 bits per heavy atom. The van der Waals surface area contributed by atoms with Crippen LogP contribution in [0.4, 0.5) is 5.82 Å². The van der Waals surface area contributed by atoms with E-state index in [1.165, 1.54) is 10.6 Å². The lowest BCUT2D eigenvalue weighted by atomic mass is 10.2. The third-order valence-corrected chi connectivity index (χ3v) is 4.52. The first-order valence-corrected chi connectivity index (χ1v) is 8.16. The zero-order chi connectivity index (χ0) is 14.8. The number of rotatable bonds is 3. The van der Waals surface area contributed by atoms with Gasteiger partial charge >= 0.3 is 0 Å². The molecule has 20 heavy (non-hydrogen) atoms. The van der Waals surface area contributed by atoms with Crippen LogP contribution in [0.2, 0.25) is 0 Å². The number of hydrogen-bond acceptors (Lipinski definition) is 5. The smallest absolute Gasteiger partial charge is 0.272 e. The fourth-order valence-corrected chi connectivity index (χ4v) is 2.90. The number of piperazine rings is 1. The molecule has 0 aromatic carbocycles. The second kappa shape index (κ2) is 5.76. The highest BCUT2D eigenvalue weighted by atomic mass is 32.2. The van der Waals surface area contributed by atoms with E-state index in [4.69, 9.17) is 0 Å². The summed E-state index contributed by atoms with van der Waals surface area (Å²) in [5.41, 5.74) is 0.365. The van der Waals surface area contributed by atoms with Gasteiger partial charge in [-0.25, -0.2) is 13.4 Å². The number of amides is 1. The zero-order valence-corrected chi connectivity index (χ0v) is 12.4. The maximum Gasteiger partial charge on any atom is 0.272 e. The van der Waals surface area contributed by atoms with Gasteiger partial charge in [-0.2, -0.15) is 4.31 Å². The second-order valence-corrected chi connectivity index (χ2v) is 6.59. The van der Waals surface area contributed by atoms with E-state index in [-0.39, 0.29) is 5.91 Å². The standard InChI is InChI=1S/C12H18N4O3S/c1-13-11-5-3-4-10(14-11)12(17)15-6-8-16(9-7-15)20(2,18)19/h3-5H,6-9H2,1-2H3,(H,13,14). The lowest BCUT2D eigenvalue weighted by molar-refractivity contribution is 0.0692. The lowest BCUT2D eigenvalue weighted by Crippen LogP contribution is -2.50.